The Morgan fingerprint density at radius 1 is 1.38 bits per heavy atom. The Labute approximate surface area is 124 Å². The fourth-order valence-electron chi connectivity index (χ4n) is 2.42. The Morgan fingerprint density at radius 2 is 2.10 bits per heavy atom. The molecule has 1 aromatic carbocycles. The highest BCUT2D eigenvalue weighted by atomic mass is 16.5. The van der Waals surface area contributed by atoms with Gasteiger partial charge >= 0.3 is 5.97 Å². The first kappa shape index (κ1) is 15.3. The Morgan fingerprint density at radius 3 is 2.71 bits per heavy atom. The summed E-state index contributed by atoms with van der Waals surface area (Å²) in [4.78, 5) is 15.6. The second-order valence-corrected chi connectivity index (χ2v) is 4.96. The van der Waals surface area contributed by atoms with Crippen molar-refractivity contribution < 1.29 is 14.6 Å². The minimum Gasteiger partial charge on any atom is -0.478 e. The van der Waals surface area contributed by atoms with Crippen LogP contribution in [0.1, 0.15) is 30.1 Å². The maximum atomic E-state index is 11.3. The van der Waals surface area contributed by atoms with E-state index < -0.39 is 5.97 Å². The smallest absolute Gasteiger partial charge is 0.337 e. The third-order valence-electron chi connectivity index (χ3n) is 3.37. The maximum Gasteiger partial charge on any atom is 0.337 e. The number of carboxylic acid groups (broad SMARTS) is 1. The van der Waals surface area contributed by atoms with Crippen LogP contribution in [0, 0.1) is 0 Å². The number of hydrogen-bond donors (Lipinski definition) is 2. The number of aromatic carboxylic acids is 1. The molecule has 1 unspecified atom stereocenters. The highest BCUT2D eigenvalue weighted by Crippen LogP contribution is 2.25. The number of methoxy groups -OCH3 is 1. The van der Waals surface area contributed by atoms with Crippen LogP contribution in [0.5, 0.6) is 0 Å². The van der Waals surface area contributed by atoms with Crippen LogP contribution in [-0.4, -0.2) is 35.8 Å². The van der Waals surface area contributed by atoms with Crippen molar-refractivity contribution >= 4 is 22.6 Å². The van der Waals surface area contributed by atoms with E-state index in [9.17, 15) is 9.90 Å². The van der Waals surface area contributed by atoms with Gasteiger partial charge < -0.3 is 15.2 Å². The van der Waals surface area contributed by atoms with Gasteiger partial charge in [0.1, 0.15) is 5.82 Å². The third-order valence-corrected chi connectivity index (χ3v) is 3.37. The molecule has 0 aliphatic carbocycles. The number of nitrogens with one attached hydrogen (secondary N) is 1. The minimum absolute atomic E-state index is 0.159. The molecule has 1 atom stereocenters. The summed E-state index contributed by atoms with van der Waals surface area (Å²) in [6, 6.07) is 7.55. The molecule has 0 fully saturated rings. The van der Waals surface area contributed by atoms with Gasteiger partial charge in [-0.3, -0.25) is 0 Å². The first-order valence-electron chi connectivity index (χ1n) is 7.03. The van der Waals surface area contributed by atoms with E-state index in [4.69, 9.17) is 4.74 Å². The van der Waals surface area contributed by atoms with E-state index in [0.29, 0.717) is 17.8 Å². The molecule has 0 aliphatic heterocycles. The van der Waals surface area contributed by atoms with Crippen molar-refractivity contribution in [2.45, 2.75) is 25.8 Å². The van der Waals surface area contributed by atoms with Crippen molar-refractivity contribution in [3.63, 3.8) is 0 Å². The van der Waals surface area contributed by atoms with E-state index in [1.165, 1.54) is 6.20 Å². The van der Waals surface area contributed by atoms with Gasteiger partial charge in [-0.1, -0.05) is 37.6 Å². The van der Waals surface area contributed by atoms with E-state index in [-0.39, 0.29) is 11.6 Å². The number of hydrogen-bond acceptors (Lipinski definition) is 4. The quantitative estimate of drug-likeness (QED) is 0.819. The predicted octanol–water partition coefficient (Wildman–Crippen LogP) is 3.16. The molecule has 5 nitrogen and oxygen atoms in total. The van der Waals surface area contributed by atoms with Crippen molar-refractivity contribution in [3.05, 3.63) is 36.0 Å². The molecule has 0 aliphatic rings. The number of pyridine rings is 1. The van der Waals surface area contributed by atoms with E-state index in [1.807, 2.05) is 18.2 Å². The van der Waals surface area contributed by atoms with Crippen LogP contribution in [0.25, 0.3) is 10.8 Å². The van der Waals surface area contributed by atoms with E-state index in [2.05, 4.69) is 17.2 Å². The zero-order valence-corrected chi connectivity index (χ0v) is 12.3. The molecule has 2 aromatic rings. The molecule has 5 heteroatoms. The van der Waals surface area contributed by atoms with Gasteiger partial charge in [-0.05, 0) is 6.42 Å². The Kier molecular flexibility index (Phi) is 5.11. The molecule has 2 rings (SSSR count). The average Bonchev–Trinajstić information content (AvgIpc) is 2.47. The highest BCUT2D eigenvalue weighted by Gasteiger charge is 2.14. The van der Waals surface area contributed by atoms with Crippen LogP contribution in [-0.2, 0) is 4.74 Å². The molecular weight excluding hydrogens is 268 g/mol. The van der Waals surface area contributed by atoms with Gasteiger partial charge in [0.05, 0.1) is 18.2 Å². The lowest BCUT2D eigenvalue weighted by Gasteiger charge is -2.19. The van der Waals surface area contributed by atoms with Crippen molar-refractivity contribution in [3.8, 4) is 0 Å². The number of carbonyl (C=O) groups is 1. The molecule has 0 saturated heterocycles. The summed E-state index contributed by atoms with van der Waals surface area (Å²) in [7, 11) is 1.67. The van der Waals surface area contributed by atoms with Gasteiger partial charge in [-0.15, -0.1) is 0 Å². The van der Waals surface area contributed by atoms with Crippen LogP contribution in [0.4, 0.5) is 5.82 Å². The minimum atomic E-state index is -0.966. The topological polar surface area (TPSA) is 71.5 Å². The number of aromatic nitrogens is 1. The SMILES string of the molecule is CCCC(COC)Nc1ncc(C(=O)O)c2ccccc12. The van der Waals surface area contributed by atoms with Crippen LogP contribution >= 0.6 is 0 Å². The molecule has 1 heterocycles. The van der Waals surface area contributed by atoms with Gasteiger partial charge in [-0.2, -0.15) is 0 Å². The lowest BCUT2D eigenvalue weighted by molar-refractivity contribution is 0.0698. The van der Waals surface area contributed by atoms with Crippen molar-refractivity contribution in [1.82, 2.24) is 4.98 Å². The Bertz CT molecular complexity index is 622. The number of nitrogens with zero attached hydrogens (tertiary/aromatic N) is 1. The Balaban J connectivity index is 2.40. The first-order valence-corrected chi connectivity index (χ1v) is 7.03. The number of anilines is 1. The molecule has 0 amide bonds. The van der Waals surface area contributed by atoms with Crippen LogP contribution < -0.4 is 5.32 Å². The monoisotopic (exact) mass is 288 g/mol. The van der Waals surface area contributed by atoms with E-state index in [0.717, 1.165) is 18.2 Å². The van der Waals surface area contributed by atoms with Crippen molar-refractivity contribution in [2.75, 3.05) is 19.0 Å². The molecule has 0 saturated carbocycles. The summed E-state index contributed by atoms with van der Waals surface area (Å²) in [5, 5.41) is 14.1. The second-order valence-electron chi connectivity index (χ2n) is 4.96. The van der Waals surface area contributed by atoms with Crippen LogP contribution in [0.3, 0.4) is 0 Å². The summed E-state index contributed by atoms with van der Waals surface area (Å²) < 4.78 is 5.22. The van der Waals surface area contributed by atoms with Gasteiger partial charge in [0.2, 0.25) is 0 Å². The number of rotatable bonds is 7. The summed E-state index contributed by atoms with van der Waals surface area (Å²) in [6.07, 6.45) is 3.40. The summed E-state index contributed by atoms with van der Waals surface area (Å²) in [6.45, 7) is 2.70. The number of carboxylic acids is 1. The fraction of sp³-hybridized carbons (Fsp3) is 0.375. The van der Waals surface area contributed by atoms with Crippen molar-refractivity contribution in [1.29, 1.82) is 0 Å². The second kappa shape index (κ2) is 7.04. The van der Waals surface area contributed by atoms with Crippen LogP contribution in [0.2, 0.25) is 0 Å². The molecule has 0 radical (unpaired) electrons. The Hall–Kier alpha value is -2.14. The molecule has 112 valence electrons. The maximum absolute atomic E-state index is 11.3. The van der Waals surface area contributed by atoms with Gasteiger partial charge in [0.25, 0.3) is 0 Å². The largest absolute Gasteiger partial charge is 0.478 e. The van der Waals surface area contributed by atoms with Gasteiger partial charge in [-0.25, -0.2) is 9.78 Å². The third kappa shape index (κ3) is 3.49. The normalized spacial score (nSPS) is 12.3. The van der Waals surface area contributed by atoms with Crippen molar-refractivity contribution in [2.24, 2.45) is 0 Å². The van der Waals surface area contributed by atoms with Crippen LogP contribution in [0.15, 0.2) is 30.5 Å². The number of fused-ring (bicyclic) bond motifs is 1. The molecule has 21 heavy (non-hydrogen) atoms. The first-order chi connectivity index (χ1) is 10.2. The molecular formula is C16H20N2O3. The van der Waals surface area contributed by atoms with E-state index in [1.54, 1.807) is 13.2 Å². The number of benzene rings is 1. The standard InChI is InChI=1S/C16H20N2O3/c1-3-6-11(10-21-2)18-15-13-8-5-4-7-12(13)14(9-17-15)16(19)20/h4-5,7-9,11H,3,6,10H2,1-2H3,(H,17,18)(H,19,20). The summed E-state index contributed by atoms with van der Waals surface area (Å²) >= 11 is 0. The average molecular weight is 288 g/mol. The highest BCUT2D eigenvalue weighted by molar-refractivity contribution is 6.06. The van der Waals surface area contributed by atoms with E-state index >= 15 is 0 Å². The summed E-state index contributed by atoms with van der Waals surface area (Å²) in [5.74, 6) is -0.265. The zero-order chi connectivity index (χ0) is 15.2. The van der Waals surface area contributed by atoms with Gasteiger partial charge in [0, 0.05) is 24.1 Å². The lowest BCUT2D eigenvalue weighted by atomic mass is 10.1. The van der Waals surface area contributed by atoms with Gasteiger partial charge in [0.15, 0.2) is 0 Å². The molecule has 2 N–H and O–H groups in total. The zero-order valence-electron chi connectivity index (χ0n) is 12.3. The lowest BCUT2D eigenvalue weighted by Crippen LogP contribution is -2.25. The predicted molar refractivity (Wildman–Crippen MR) is 82.9 cm³/mol. The summed E-state index contributed by atoms with van der Waals surface area (Å²) in [5.41, 5.74) is 0.218. The molecule has 1 aromatic heterocycles. The molecule has 0 spiro atoms. The fourth-order valence-corrected chi connectivity index (χ4v) is 2.42. The molecule has 0 bridgehead atoms. The number of ether oxygens (including phenoxy) is 1.